The van der Waals surface area contributed by atoms with Crippen LogP contribution in [0.4, 0.5) is 0 Å². The van der Waals surface area contributed by atoms with Gasteiger partial charge in [0.2, 0.25) is 0 Å². The summed E-state index contributed by atoms with van der Waals surface area (Å²) >= 11 is 2.83. The molecule has 1 nitrogen and oxygen atoms in total. The van der Waals surface area contributed by atoms with Gasteiger partial charge in [0.1, 0.15) is 0 Å². The first-order valence-corrected chi connectivity index (χ1v) is 4.21. The molecule has 0 radical (unpaired) electrons. The fourth-order valence-electron chi connectivity index (χ4n) is 1.01. The van der Waals surface area contributed by atoms with E-state index in [1.54, 1.807) is 0 Å². The van der Waals surface area contributed by atoms with Gasteiger partial charge in [0.25, 0.3) is 0 Å². The van der Waals surface area contributed by atoms with Crippen molar-refractivity contribution in [3.8, 4) is 0 Å². The van der Waals surface area contributed by atoms with Crippen molar-refractivity contribution in [3.05, 3.63) is 40.7 Å². The molecule has 0 aliphatic rings. The summed E-state index contributed by atoms with van der Waals surface area (Å²) in [7, 11) is 0. The number of hydrogen-bond acceptors (Lipinski definition) is 1. The number of benzene rings is 1. The number of fused-ring (bicyclic) bond motifs is 1. The molecule has 1 aromatic carbocycles. The maximum atomic E-state index is 5.41. The summed E-state index contributed by atoms with van der Waals surface area (Å²) in [6.07, 6.45) is 0. The van der Waals surface area contributed by atoms with Crippen molar-refractivity contribution < 1.29 is 4.42 Å². The maximum absolute atomic E-state index is 5.41. The van der Waals surface area contributed by atoms with Crippen molar-refractivity contribution in [2.45, 2.75) is 0 Å². The van der Waals surface area contributed by atoms with Gasteiger partial charge in [-0.2, -0.15) is 0 Å². The molecule has 0 aliphatic carbocycles. The third-order valence-electron chi connectivity index (χ3n) is 1.53. The first-order chi connectivity index (χ1) is 5.36. The predicted molar refractivity (Wildman–Crippen MR) is 45.2 cm³/mol. The molecule has 0 bridgehead atoms. The predicted octanol–water partition coefficient (Wildman–Crippen LogP) is 2.13. The van der Waals surface area contributed by atoms with E-state index in [9.17, 15) is 0 Å². The molecule has 2 rings (SSSR count). The van der Waals surface area contributed by atoms with Crippen molar-refractivity contribution in [3.63, 3.8) is 0 Å². The average Bonchev–Trinajstić information content (AvgIpc) is 2.04. The summed E-state index contributed by atoms with van der Waals surface area (Å²) in [6, 6.07) is 11.9. The standard InChI is InChI=1S/C9H6OSe/c11-9-6-5-7-3-1-2-4-8(7)10-9/h1-6H. The van der Waals surface area contributed by atoms with Crippen LogP contribution in [0.15, 0.2) is 40.8 Å². The van der Waals surface area contributed by atoms with E-state index in [0.29, 0.717) is 0 Å². The van der Waals surface area contributed by atoms with Gasteiger partial charge in [0, 0.05) is 0 Å². The van der Waals surface area contributed by atoms with E-state index in [1.165, 1.54) is 0 Å². The Morgan fingerprint density at radius 2 is 1.82 bits per heavy atom. The first kappa shape index (κ1) is 6.83. The third kappa shape index (κ3) is 1.28. The number of para-hydroxylation sites is 1. The van der Waals surface area contributed by atoms with Crippen LogP contribution in [0, 0.1) is 4.26 Å². The van der Waals surface area contributed by atoms with Crippen LogP contribution in [0.3, 0.4) is 0 Å². The van der Waals surface area contributed by atoms with Gasteiger partial charge in [-0.15, -0.1) is 0 Å². The summed E-state index contributed by atoms with van der Waals surface area (Å²) in [6.45, 7) is 0. The SMILES string of the molecule is [Se]=c1ccc2ccccc2o1. The van der Waals surface area contributed by atoms with Gasteiger partial charge in [0.05, 0.1) is 0 Å². The molecule has 2 aromatic rings. The monoisotopic (exact) mass is 210 g/mol. The second-order valence-corrected chi connectivity index (χ2v) is 3.14. The third-order valence-corrected chi connectivity index (χ3v) is 1.99. The zero-order valence-corrected chi connectivity index (χ0v) is 7.49. The van der Waals surface area contributed by atoms with Gasteiger partial charge in [0.15, 0.2) is 0 Å². The Kier molecular flexibility index (Phi) is 1.65. The summed E-state index contributed by atoms with van der Waals surface area (Å²) < 4.78 is 6.23. The molecule has 0 amide bonds. The molecule has 0 aliphatic heterocycles. The van der Waals surface area contributed by atoms with Gasteiger partial charge in [-0.25, -0.2) is 0 Å². The van der Waals surface area contributed by atoms with Gasteiger partial charge in [-0.1, -0.05) is 0 Å². The molecular formula is C9H6OSe. The Hall–Kier alpha value is -0.851. The topological polar surface area (TPSA) is 13.1 Å². The van der Waals surface area contributed by atoms with Crippen molar-refractivity contribution in [1.29, 1.82) is 0 Å². The van der Waals surface area contributed by atoms with Crippen molar-refractivity contribution in [2.75, 3.05) is 0 Å². The minimum absolute atomic E-state index is 0.823. The summed E-state index contributed by atoms with van der Waals surface area (Å²) in [5.74, 6) is 0. The Balaban J connectivity index is 2.94. The molecule has 2 heteroatoms. The van der Waals surface area contributed by atoms with Crippen molar-refractivity contribution in [1.82, 2.24) is 0 Å². The number of rotatable bonds is 0. The molecule has 0 saturated heterocycles. The van der Waals surface area contributed by atoms with E-state index in [-0.39, 0.29) is 0 Å². The molecule has 0 fully saturated rings. The molecule has 0 unspecified atom stereocenters. The molecule has 0 spiro atoms. The van der Waals surface area contributed by atoms with Crippen LogP contribution in [-0.4, -0.2) is 15.6 Å². The summed E-state index contributed by atoms with van der Waals surface area (Å²) in [5.41, 5.74) is 0.920. The van der Waals surface area contributed by atoms with Gasteiger partial charge < -0.3 is 0 Å². The van der Waals surface area contributed by atoms with Crippen LogP contribution in [0.5, 0.6) is 0 Å². The Bertz CT molecular complexity index is 431. The van der Waals surface area contributed by atoms with Crippen molar-refractivity contribution in [2.24, 2.45) is 0 Å². The van der Waals surface area contributed by atoms with E-state index in [4.69, 9.17) is 4.42 Å². The Morgan fingerprint density at radius 1 is 1.00 bits per heavy atom. The van der Waals surface area contributed by atoms with Gasteiger partial charge >= 0.3 is 71.6 Å². The van der Waals surface area contributed by atoms with Crippen LogP contribution in [0.1, 0.15) is 0 Å². The van der Waals surface area contributed by atoms with Crippen LogP contribution < -0.4 is 0 Å². The summed E-state index contributed by atoms with van der Waals surface area (Å²) in [4.78, 5) is 0. The summed E-state index contributed by atoms with van der Waals surface area (Å²) in [5, 5.41) is 1.13. The first-order valence-electron chi connectivity index (χ1n) is 3.35. The molecule has 0 N–H and O–H groups in total. The van der Waals surface area contributed by atoms with Crippen molar-refractivity contribution >= 4 is 26.5 Å². The van der Waals surface area contributed by atoms with E-state index in [0.717, 1.165) is 15.2 Å². The van der Waals surface area contributed by atoms with Crippen LogP contribution in [-0.2, 0) is 0 Å². The molecule has 0 atom stereocenters. The Morgan fingerprint density at radius 3 is 2.73 bits per heavy atom. The molecule has 1 aromatic heterocycles. The second kappa shape index (κ2) is 2.65. The zero-order valence-electron chi connectivity index (χ0n) is 5.78. The van der Waals surface area contributed by atoms with Crippen LogP contribution in [0.25, 0.3) is 11.0 Å². The number of hydrogen-bond donors (Lipinski definition) is 0. The normalized spacial score (nSPS) is 10.2. The molecular weight excluding hydrogens is 203 g/mol. The fourth-order valence-corrected chi connectivity index (χ4v) is 1.34. The molecule has 54 valence electrons. The minimum atomic E-state index is 0.823. The average molecular weight is 209 g/mol. The van der Waals surface area contributed by atoms with Crippen LogP contribution in [0.2, 0.25) is 0 Å². The van der Waals surface area contributed by atoms with Gasteiger partial charge in [-0.3, -0.25) is 0 Å². The van der Waals surface area contributed by atoms with Crippen LogP contribution >= 0.6 is 0 Å². The van der Waals surface area contributed by atoms with E-state index in [1.807, 2.05) is 36.4 Å². The quantitative estimate of drug-likeness (QED) is 0.606. The van der Waals surface area contributed by atoms with E-state index >= 15 is 0 Å². The second-order valence-electron chi connectivity index (χ2n) is 2.29. The molecule has 0 saturated carbocycles. The molecule has 1 heterocycles. The van der Waals surface area contributed by atoms with E-state index < -0.39 is 0 Å². The fraction of sp³-hybridized carbons (Fsp3) is 0. The Labute approximate surface area is 72.0 Å². The van der Waals surface area contributed by atoms with E-state index in [2.05, 4.69) is 15.6 Å². The zero-order chi connectivity index (χ0) is 7.68. The molecule has 11 heavy (non-hydrogen) atoms. The van der Waals surface area contributed by atoms with Gasteiger partial charge in [-0.05, 0) is 0 Å².